The quantitative estimate of drug-likeness (QED) is 0.295. The van der Waals surface area contributed by atoms with Gasteiger partial charge >= 0.3 is 0 Å². The zero-order chi connectivity index (χ0) is 22.4. The summed E-state index contributed by atoms with van der Waals surface area (Å²) in [5.41, 5.74) is 1.22. The van der Waals surface area contributed by atoms with Crippen molar-refractivity contribution in [2.75, 3.05) is 65.9 Å². The standard InChI is InChI=1S/C24H38N4O4.HI/c1-4-25-22(26-16-23(2,3)28-9-13-30-14-10-28)27-17-24(7-11-29-12-8-24)19-5-6-20-21(15-19)32-18-31-20;/h5-6,15H,4,7-14,16-18H2,1-3H3,(H2,25,26,27);1H. The number of hydrogen-bond acceptors (Lipinski definition) is 6. The number of benzene rings is 1. The fourth-order valence-corrected chi connectivity index (χ4v) is 4.69. The lowest BCUT2D eigenvalue weighted by Gasteiger charge is -2.40. The molecule has 2 fully saturated rings. The predicted molar refractivity (Wildman–Crippen MR) is 140 cm³/mol. The molecule has 0 amide bonds. The lowest BCUT2D eigenvalue weighted by molar-refractivity contribution is -0.00684. The number of guanidine groups is 1. The van der Waals surface area contributed by atoms with E-state index in [0.29, 0.717) is 6.79 Å². The van der Waals surface area contributed by atoms with Gasteiger partial charge in [-0.25, -0.2) is 0 Å². The second-order valence-electron chi connectivity index (χ2n) is 9.42. The Labute approximate surface area is 214 Å². The van der Waals surface area contributed by atoms with Crippen molar-refractivity contribution in [1.29, 1.82) is 0 Å². The van der Waals surface area contributed by atoms with Crippen LogP contribution in [0.2, 0.25) is 0 Å². The van der Waals surface area contributed by atoms with Gasteiger partial charge in [-0.05, 0) is 51.3 Å². The van der Waals surface area contributed by atoms with Crippen LogP contribution in [0.1, 0.15) is 39.2 Å². The van der Waals surface area contributed by atoms with Crippen molar-refractivity contribution in [1.82, 2.24) is 15.5 Å². The van der Waals surface area contributed by atoms with Crippen molar-refractivity contribution in [3.8, 4) is 11.5 Å². The maximum absolute atomic E-state index is 5.71. The molecule has 33 heavy (non-hydrogen) atoms. The second-order valence-corrected chi connectivity index (χ2v) is 9.42. The van der Waals surface area contributed by atoms with Crippen LogP contribution < -0.4 is 20.1 Å². The lowest BCUT2D eigenvalue weighted by Crippen LogP contribution is -2.52. The molecular weight excluding hydrogens is 535 g/mol. The number of ether oxygens (including phenoxy) is 4. The van der Waals surface area contributed by atoms with Crippen LogP contribution in [0.15, 0.2) is 23.2 Å². The van der Waals surface area contributed by atoms with Crippen molar-refractivity contribution in [2.45, 2.75) is 44.6 Å². The van der Waals surface area contributed by atoms with Crippen LogP contribution >= 0.6 is 24.0 Å². The monoisotopic (exact) mass is 574 g/mol. The molecule has 9 heteroatoms. The SMILES string of the molecule is CCNC(=NCC(C)(C)N1CCOCC1)NCC1(c2ccc3c(c2)OCO3)CCOCC1.I. The third-order valence-electron chi connectivity index (χ3n) is 6.86. The van der Waals surface area contributed by atoms with E-state index in [9.17, 15) is 0 Å². The van der Waals surface area contributed by atoms with Crippen LogP contribution in [0, 0.1) is 0 Å². The molecule has 0 aliphatic carbocycles. The first-order valence-corrected chi connectivity index (χ1v) is 11.9. The summed E-state index contributed by atoms with van der Waals surface area (Å²) in [5, 5.41) is 7.07. The molecule has 2 saturated heterocycles. The summed E-state index contributed by atoms with van der Waals surface area (Å²) < 4.78 is 22.4. The molecule has 2 N–H and O–H groups in total. The van der Waals surface area contributed by atoms with E-state index in [0.717, 1.165) is 89.5 Å². The van der Waals surface area contributed by atoms with Crippen LogP contribution in [-0.2, 0) is 14.9 Å². The fourth-order valence-electron chi connectivity index (χ4n) is 4.69. The molecule has 1 aromatic carbocycles. The summed E-state index contributed by atoms with van der Waals surface area (Å²) in [4.78, 5) is 7.43. The second kappa shape index (κ2) is 11.9. The van der Waals surface area contributed by atoms with Crippen molar-refractivity contribution < 1.29 is 18.9 Å². The smallest absolute Gasteiger partial charge is 0.231 e. The molecule has 0 unspecified atom stereocenters. The van der Waals surface area contributed by atoms with Gasteiger partial charge in [0.05, 0.1) is 19.8 Å². The van der Waals surface area contributed by atoms with Crippen LogP contribution in [-0.4, -0.2) is 82.3 Å². The number of aliphatic imine (C=N–C) groups is 1. The van der Waals surface area contributed by atoms with Crippen LogP contribution in [0.4, 0.5) is 0 Å². The molecule has 0 spiro atoms. The molecule has 4 rings (SSSR count). The Morgan fingerprint density at radius 2 is 1.73 bits per heavy atom. The van der Waals surface area contributed by atoms with E-state index < -0.39 is 0 Å². The van der Waals surface area contributed by atoms with Gasteiger partial charge in [0.25, 0.3) is 0 Å². The molecular formula is C24H39IN4O4. The summed E-state index contributed by atoms with van der Waals surface area (Å²) >= 11 is 0. The van der Waals surface area contributed by atoms with E-state index in [2.05, 4.69) is 48.4 Å². The maximum atomic E-state index is 5.71. The highest BCUT2D eigenvalue weighted by molar-refractivity contribution is 14.0. The van der Waals surface area contributed by atoms with Gasteiger partial charge in [0, 0.05) is 50.3 Å². The van der Waals surface area contributed by atoms with E-state index >= 15 is 0 Å². The van der Waals surface area contributed by atoms with Crippen molar-refractivity contribution in [3.63, 3.8) is 0 Å². The minimum absolute atomic E-state index is 0. The normalized spacial score (nSPS) is 20.8. The van der Waals surface area contributed by atoms with Gasteiger partial charge in [-0.15, -0.1) is 24.0 Å². The molecule has 1 aromatic rings. The third-order valence-corrected chi connectivity index (χ3v) is 6.86. The van der Waals surface area contributed by atoms with Gasteiger partial charge < -0.3 is 29.6 Å². The van der Waals surface area contributed by atoms with E-state index in [1.807, 2.05) is 6.07 Å². The lowest BCUT2D eigenvalue weighted by atomic mass is 9.74. The van der Waals surface area contributed by atoms with Gasteiger partial charge in [-0.3, -0.25) is 9.89 Å². The zero-order valence-electron chi connectivity index (χ0n) is 20.2. The Bertz CT molecular complexity index is 793. The van der Waals surface area contributed by atoms with Crippen molar-refractivity contribution >= 4 is 29.9 Å². The summed E-state index contributed by atoms with van der Waals surface area (Å²) in [6.07, 6.45) is 1.91. The topological polar surface area (TPSA) is 76.6 Å². The highest BCUT2D eigenvalue weighted by atomic mass is 127. The average molecular weight is 575 g/mol. The number of halogens is 1. The molecule has 0 bridgehead atoms. The van der Waals surface area contributed by atoms with Gasteiger partial charge in [0.1, 0.15) is 0 Å². The molecule has 3 aliphatic rings. The van der Waals surface area contributed by atoms with Gasteiger partial charge in [-0.2, -0.15) is 0 Å². The first kappa shape index (κ1) is 26.3. The van der Waals surface area contributed by atoms with Gasteiger partial charge in [0.15, 0.2) is 17.5 Å². The molecule has 3 heterocycles. The highest BCUT2D eigenvalue weighted by Crippen LogP contribution is 2.40. The Balaban J connectivity index is 0.00000306. The number of nitrogens with one attached hydrogen (secondary N) is 2. The molecule has 186 valence electrons. The number of morpholine rings is 1. The summed E-state index contributed by atoms with van der Waals surface area (Å²) in [5.74, 6) is 2.52. The Morgan fingerprint density at radius 3 is 2.45 bits per heavy atom. The Hall–Kier alpha value is -1.30. The predicted octanol–water partition coefficient (Wildman–Crippen LogP) is 2.75. The largest absolute Gasteiger partial charge is 0.454 e. The Kier molecular flexibility index (Phi) is 9.49. The van der Waals surface area contributed by atoms with Crippen LogP contribution in [0.3, 0.4) is 0 Å². The molecule has 3 aliphatic heterocycles. The Morgan fingerprint density at radius 1 is 1.03 bits per heavy atom. The number of rotatable bonds is 7. The van der Waals surface area contributed by atoms with E-state index in [4.69, 9.17) is 23.9 Å². The minimum atomic E-state index is -0.0326. The summed E-state index contributed by atoms with van der Waals surface area (Å²) in [6.45, 7) is 14.3. The van der Waals surface area contributed by atoms with Crippen molar-refractivity contribution in [2.24, 2.45) is 4.99 Å². The summed E-state index contributed by atoms with van der Waals surface area (Å²) in [7, 11) is 0. The highest BCUT2D eigenvalue weighted by Gasteiger charge is 2.36. The van der Waals surface area contributed by atoms with Crippen LogP contribution in [0.25, 0.3) is 0 Å². The van der Waals surface area contributed by atoms with Gasteiger partial charge in [-0.1, -0.05) is 6.07 Å². The molecule has 8 nitrogen and oxygen atoms in total. The van der Waals surface area contributed by atoms with Crippen molar-refractivity contribution in [3.05, 3.63) is 23.8 Å². The number of nitrogens with zero attached hydrogens (tertiary/aromatic N) is 2. The minimum Gasteiger partial charge on any atom is -0.454 e. The van der Waals surface area contributed by atoms with Crippen LogP contribution in [0.5, 0.6) is 11.5 Å². The van der Waals surface area contributed by atoms with E-state index in [1.165, 1.54) is 5.56 Å². The fraction of sp³-hybridized carbons (Fsp3) is 0.708. The zero-order valence-corrected chi connectivity index (χ0v) is 22.5. The molecule has 0 aromatic heterocycles. The summed E-state index contributed by atoms with van der Waals surface area (Å²) in [6, 6.07) is 6.34. The van der Waals surface area contributed by atoms with Gasteiger partial charge in [0.2, 0.25) is 6.79 Å². The first-order chi connectivity index (χ1) is 15.5. The first-order valence-electron chi connectivity index (χ1n) is 11.9. The number of hydrogen-bond donors (Lipinski definition) is 2. The molecule has 0 radical (unpaired) electrons. The van der Waals surface area contributed by atoms with E-state index in [1.54, 1.807) is 0 Å². The third kappa shape index (κ3) is 6.43. The number of fused-ring (bicyclic) bond motifs is 1. The van der Waals surface area contributed by atoms with E-state index in [-0.39, 0.29) is 34.9 Å². The molecule has 0 atom stereocenters. The average Bonchev–Trinajstić information content (AvgIpc) is 3.30. The molecule has 0 saturated carbocycles. The maximum Gasteiger partial charge on any atom is 0.231 e.